The minimum atomic E-state index is -4.07. The van der Waals surface area contributed by atoms with Crippen LogP contribution in [-0.4, -0.2) is 24.2 Å². The number of alkyl halides is 3. The van der Waals surface area contributed by atoms with Gasteiger partial charge in [0.15, 0.2) is 0 Å². The molecule has 0 saturated carbocycles. The average molecular weight is 274 g/mol. The van der Waals surface area contributed by atoms with E-state index in [1.807, 2.05) is 36.1 Å². The van der Waals surface area contributed by atoms with E-state index in [2.05, 4.69) is 0 Å². The van der Waals surface area contributed by atoms with Gasteiger partial charge in [-0.1, -0.05) is 25.1 Å². The maximum absolute atomic E-state index is 12.1. The van der Waals surface area contributed by atoms with E-state index in [0.29, 0.717) is 18.8 Å². The van der Waals surface area contributed by atoms with Gasteiger partial charge in [0.25, 0.3) is 0 Å². The predicted octanol–water partition coefficient (Wildman–Crippen LogP) is 3.82. The molecule has 1 aromatic carbocycles. The number of hydrogen-bond acceptors (Lipinski definition) is 2. The molecule has 2 nitrogen and oxygen atoms in total. The molecule has 0 aromatic heterocycles. The molecule has 1 aromatic rings. The third kappa shape index (κ3) is 6.47. The molecule has 5 heteroatoms. The number of nitrogens with two attached hydrogens (primary N) is 1. The summed E-state index contributed by atoms with van der Waals surface area (Å²) in [5, 5.41) is 0. The Labute approximate surface area is 112 Å². The normalized spacial score (nSPS) is 12.1. The fraction of sp³-hybridized carbons (Fsp3) is 0.571. The highest BCUT2D eigenvalue weighted by atomic mass is 19.4. The van der Waals surface area contributed by atoms with Crippen molar-refractivity contribution in [2.45, 2.75) is 38.9 Å². The summed E-state index contributed by atoms with van der Waals surface area (Å²) in [6, 6.07) is 7.48. The molecule has 0 aliphatic heterocycles. The van der Waals surface area contributed by atoms with Crippen LogP contribution in [0, 0.1) is 0 Å². The van der Waals surface area contributed by atoms with Crippen LogP contribution in [0.15, 0.2) is 24.3 Å². The quantitative estimate of drug-likeness (QED) is 0.766. The molecule has 0 aliphatic carbocycles. The van der Waals surface area contributed by atoms with Crippen LogP contribution >= 0.6 is 0 Å². The number of halogens is 3. The zero-order valence-corrected chi connectivity index (χ0v) is 11.2. The van der Waals surface area contributed by atoms with E-state index in [1.165, 1.54) is 0 Å². The number of benzene rings is 1. The molecule has 0 aliphatic rings. The molecule has 2 N–H and O–H groups in total. The number of para-hydroxylation sites is 1. The first kappa shape index (κ1) is 15.8. The lowest BCUT2D eigenvalue weighted by Crippen LogP contribution is -2.26. The van der Waals surface area contributed by atoms with Crippen LogP contribution < -0.4 is 5.73 Å². The third-order valence-corrected chi connectivity index (χ3v) is 2.92. The van der Waals surface area contributed by atoms with Crippen LogP contribution in [-0.2, 0) is 6.54 Å². The van der Waals surface area contributed by atoms with E-state index in [1.54, 1.807) is 0 Å². The molecule has 0 radical (unpaired) electrons. The molecule has 0 spiro atoms. The lowest BCUT2D eigenvalue weighted by Gasteiger charge is -2.22. The van der Waals surface area contributed by atoms with Gasteiger partial charge in [-0.05, 0) is 37.6 Å². The zero-order valence-electron chi connectivity index (χ0n) is 11.2. The topological polar surface area (TPSA) is 29.3 Å². The molecular formula is C14H21F3N2. The van der Waals surface area contributed by atoms with E-state index in [4.69, 9.17) is 5.73 Å². The first-order valence-corrected chi connectivity index (χ1v) is 6.55. The Morgan fingerprint density at radius 1 is 1.16 bits per heavy atom. The smallest absolute Gasteiger partial charge is 0.389 e. The summed E-state index contributed by atoms with van der Waals surface area (Å²) in [4.78, 5) is 2.03. The second-order valence-electron chi connectivity index (χ2n) is 4.69. The second kappa shape index (κ2) is 7.38. The summed E-state index contributed by atoms with van der Waals surface area (Å²) in [6.07, 6.45) is -3.74. The Kier molecular flexibility index (Phi) is 6.15. The van der Waals surface area contributed by atoms with Gasteiger partial charge in [-0.3, -0.25) is 4.90 Å². The highest BCUT2D eigenvalue weighted by Gasteiger charge is 2.26. The van der Waals surface area contributed by atoms with Gasteiger partial charge in [-0.2, -0.15) is 13.2 Å². The third-order valence-electron chi connectivity index (χ3n) is 2.92. The standard InChI is InChI=1S/C14H21F3N2/c1-2-9-19(10-5-8-14(15,16)17)11-12-6-3-4-7-13(12)18/h3-4,6-7H,2,5,8-11,18H2,1H3. The van der Waals surface area contributed by atoms with E-state index < -0.39 is 12.6 Å². The van der Waals surface area contributed by atoms with Gasteiger partial charge in [0.1, 0.15) is 0 Å². The van der Waals surface area contributed by atoms with Crippen molar-refractivity contribution in [3.63, 3.8) is 0 Å². The molecule has 1 rings (SSSR count). The van der Waals surface area contributed by atoms with Crippen molar-refractivity contribution in [3.8, 4) is 0 Å². The fourth-order valence-electron chi connectivity index (χ4n) is 2.01. The molecule has 0 amide bonds. The van der Waals surface area contributed by atoms with Gasteiger partial charge in [0, 0.05) is 18.7 Å². The largest absolute Gasteiger partial charge is 0.398 e. The number of rotatable bonds is 7. The van der Waals surface area contributed by atoms with Crippen LogP contribution in [0.3, 0.4) is 0 Å². The van der Waals surface area contributed by atoms with Crippen molar-refractivity contribution in [3.05, 3.63) is 29.8 Å². The summed E-state index contributed by atoms with van der Waals surface area (Å²) in [7, 11) is 0. The summed E-state index contributed by atoms with van der Waals surface area (Å²) in [5.41, 5.74) is 7.53. The van der Waals surface area contributed by atoms with Crippen LogP contribution in [0.25, 0.3) is 0 Å². The predicted molar refractivity (Wildman–Crippen MR) is 71.7 cm³/mol. The molecule has 108 valence electrons. The summed E-state index contributed by atoms with van der Waals surface area (Å²) in [6.45, 7) is 3.86. The summed E-state index contributed by atoms with van der Waals surface area (Å²) < 4.78 is 36.4. The Morgan fingerprint density at radius 2 is 1.84 bits per heavy atom. The van der Waals surface area contributed by atoms with Gasteiger partial charge in [0.05, 0.1) is 0 Å². The number of hydrogen-bond donors (Lipinski definition) is 1. The van der Waals surface area contributed by atoms with E-state index >= 15 is 0 Å². The molecule has 19 heavy (non-hydrogen) atoms. The number of nitrogens with zero attached hydrogens (tertiary/aromatic N) is 1. The van der Waals surface area contributed by atoms with Gasteiger partial charge in [-0.25, -0.2) is 0 Å². The van der Waals surface area contributed by atoms with Crippen LogP contribution in [0.1, 0.15) is 31.7 Å². The molecule has 0 bridgehead atoms. The second-order valence-corrected chi connectivity index (χ2v) is 4.69. The first-order chi connectivity index (χ1) is 8.92. The summed E-state index contributed by atoms with van der Waals surface area (Å²) >= 11 is 0. The highest BCUT2D eigenvalue weighted by Crippen LogP contribution is 2.22. The van der Waals surface area contributed by atoms with Crippen molar-refractivity contribution in [1.29, 1.82) is 0 Å². The first-order valence-electron chi connectivity index (χ1n) is 6.55. The molecule has 0 heterocycles. The maximum atomic E-state index is 12.1. The molecular weight excluding hydrogens is 253 g/mol. The minimum absolute atomic E-state index is 0.135. The van der Waals surface area contributed by atoms with Crippen LogP contribution in [0.5, 0.6) is 0 Å². The summed E-state index contributed by atoms with van der Waals surface area (Å²) in [5.74, 6) is 0. The van der Waals surface area contributed by atoms with E-state index in [9.17, 15) is 13.2 Å². The fourth-order valence-corrected chi connectivity index (χ4v) is 2.01. The average Bonchev–Trinajstić information content (AvgIpc) is 2.30. The van der Waals surface area contributed by atoms with Gasteiger partial charge >= 0.3 is 6.18 Å². The number of nitrogen functional groups attached to an aromatic ring is 1. The molecule has 0 atom stereocenters. The Morgan fingerprint density at radius 3 is 2.42 bits per heavy atom. The Balaban J connectivity index is 2.51. The Bertz CT molecular complexity index is 377. The zero-order chi connectivity index (χ0) is 14.3. The van der Waals surface area contributed by atoms with E-state index in [0.717, 1.165) is 18.5 Å². The maximum Gasteiger partial charge on any atom is 0.389 e. The van der Waals surface area contributed by atoms with Crippen molar-refractivity contribution in [2.24, 2.45) is 0 Å². The molecule has 0 saturated heterocycles. The van der Waals surface area contributed by atoms with Gasteiger partial charge in [-0.15, -0.1) is 0 Å². The van der Waals surface area contributed by atoms with Crippen LogP contribution in [0.4, 0.5) is 18.9 Å². The lowest BCUT2D eigenvalue weighted by atomic mass is 10.1. The van der Waals surface area contributed by atoms with Gasteiger partial charge in [0.2, 0.25) is 0 Å². The minimum Gasteiger partial charge on any atom is -0.398 e. The Hall–Kier alpha value is -1.23. The molecule has 0 unspecified atom stereocenters. The molecule has 0 fully saturated rings. The van der Waals surface area contributed by atoms with Crippen molar-refractivity contribution >= 4 is 5.69 Å². The van der Waals surface area contributed by atoms with Crippen molar-refractivity contribution in [1.82, 2.24) is 4.90 Å². The van der Waals surface area contributed by atoms with Gasteiger partial charge < -0.3 is 5.73 Å². The van der Waals surface area contributed by atoms with Crippen molar-refractivity contribution < 1.29 is 13.2 Å². The number of anilines is 1. The highest BCUT2D eigenvalue weighted by molar-refractivity contribution is 5.46. The van der Waals surface area contributed by atoms with Crippen molar-refractivity contribution in [2.75, 3.05) is 18.8 Å². The van der Waals surface area contributed by atoms with E-state index in [-0.39, 0.29) is 6.42 Å². The SMILES string of the molecule is CCCN(CCCC(F)(F)F)Cc1ccccc1N. The van der Waals surface area contributed by atoms with Crippen LogP contribution in [0.2, 0.25) is 0 Å². The lowest BCUT2D eigenvalue weighted by molar-refractivity contribution is -0.136. The monoisotopic (exact) mass is 274 g/mol.